The molecule has 2 rings (SSSR count). The summed E-state index contributed by atoms with van der Waals surface area (Å²) in [5.74, 6) is 0.635. The second-order valence-corrected chi connectivity index (χ2v) is 6.35. The Morgan fingerprint density at radius 3 is 2.32 bits per heavy atom. The summed E-state index contributed by atoms with van der Waals surface area (Å²) in [5, 5.41) is 0.809. The molecule has 6 heteroatoms. The van der Waals surface area contributed by atoms with E-state index in [-0.39, 0.29) is 6.41 Å². The molecule has 0 saturated heterocycles. The van der Waals surface area contributed by atoms with Crippen LogP contribution in [0.2, 0.25) is 5.02 Å². The van der Waals surface area contributed by atoms with E-state index in [1.165, 1.54) is 18.4 Å². The number of amides is 1. The van der Waals surface area contributed by atoms with Crippen LogP contribution in [0.4, 0.5) is 0 Å². The van der Waals surface area contributed by atoms with Crippen LogP contribution in [0.5, 0.6) is 0 Å². The minimum absolute atomic E-state index is 0.250. The molecule has 1 aromatic carbocycles. The first-order valence-electron chi connectivity index (χ1n) is 7.07. The summed E-state index contributed by atoms with van der Waals surface area (Å²) in [6, 6.07) is 8.19. The SMILES string of the molecule is COC1C(Cc2ccc(Cl)cc2)CCC1(C)C.NC=O.SS. The van der Waals surface area contributed by atoms with E-state index in [2.05, 4.69) is 55.0 Å². The molecular weight excluding hydrogens is 338 g/mol. The predicted octanol–water partition coefficient (Wildman–Crippen LogP) is 4.20. The van der Waals surface area contributed by atoms with Gasteiger partial charge in [0.25, 0.3) is 0 Å². The molecule has 1 amide bonds. The first-order chi connectivity index (χ1) is 10.4. The van der Waals surface area contributed by atoms with E-state index in [9.17, 15) is 0 Å². The molecule has 22 heavy (non-hydrogen) atoms. The summed E-state index contributed by atoms with van der Waals surface area (Å²) >= 11 is 12.3. The summed E-state index contributed by atoms with van der Waals surface area (Å²) in [4.78, 5) is 8.58. The number of methoxy groups -OCH3 is 1. The van der Waals surface area contributed by atoms with Crippen molar-refractivity contribution in [2.24, 2.45) is 17.1 Å². The van der Waals surface area contributed by atoms with Crippen LogP contribution in [0.3, 0.4) is 0 Å². The molecule has 2 unspecified atom stereocenters. The standard InChI is InChI=1S/C15H21ClO.CH3NO.H2S2/c1-15(2)9-8-12(14(15)17-3)10-11-4-6-13(16)7-5-11;2-1-3;1-2/h4-7,12,14H,8-10H2,1-3H3;1H,(H2,2,3);1-2H. The summed E-state index contributed by atoms with van der Waals surface area (Å²) in [6.45, 7) is 4.62. The van der Waals surface area contributed by atoms with Gasteiger partial charge in [-0.15, -0.1) is 23.3 Å². The lowest BCUT2D eigenvalue weighted by Gasteiger charge is -2.29. The summed E-state index contributed by atoms with van der Waals surface area (Å²) in [6.07, 6.45) is 4.23. The van der Waals surface area contributed by atoms with Gasteiger partial charge in [0, 0.05) is 12.1 Å². The number of benzene rings is 1. The number of hydrogen-bond donors (Lipinski definition) is 3. The van der Waals surface area contributed by atoms with Crippen molar-refractivity contribution in [2.75, 3.05) is 7.11 Å². The van der Waals surface area contributed by atoms with E-state index in [0.29, 0.717) is 17.4 Å². The Hall–Kier alpha value is -0.360. The largest absolute Gasteiger partial charge is 0.381 e. The highest BCUT2D eigenvalue weighted by Gasteiger charge is 2.41. The fraction of sp³-hybridized carbons (Fsp3) is 0.562. The maximum atomic E-state index is 8.58. The highest BCUT2D eigenvalue weighted by Crippen LogP contribution is 2.44. The third-order valence-corrected chi connectivity index (χ3v) is 4.27. The van der Waals surface area contributed by atoms with Crippen molar-refractivity contribution in [3.05, 3.63) is 34.9 Å². The van der Waals surface area contributed by atoms with Gasteiger partial charge in [0.1, 0.15) is 0 Å². The number of primary amides is 1. The number of nitrogens with two attached hydrogens (primary N) is 1. The molecule has 2 atom stereocenters. The van der Waals surface area contributed by atoms with Gasteiger partial charge in [-0.3, -0.25) is 4.79 Å². The first kappa shape index (κ1) is 21.6. The number of carbonyl (C=O) groups is 1. The van der Waals surface area contributed by atoms with Crippen LogP contribution in [0.1, 0.15) is 32.3 Å². The van der Waals surface area contributed by atoms with Crippen LogP contribution < -0.4 is 5.73 Å². The highest BCUT2D eigenvalue weighted by atomic mass is 35.5. The topological polar surface area (TPSA) is 52.3 Å². The maximum absolute atomic E-state index is 8.58. The monoisotopic (exact) mass is 363 g/mol. The third kappa shape index (κ3) is 6.82. The minimum Gasteiger partial charge on any atom is -0.381 e. The Kier molecular flexibility index (Phi) is 11.0. The molecule has 0 bridgehead atoms. The van der Waals surface area contributed by atoms with E-state index in [1.54, 1.807) is 0 Å². The van der Waals surface area contributed by atoms with Crippen molar-refractivity contribution in [3.8, 4) is 0 Å². The van der Waals surface area contributed by atoms with Crippen LogP contribution >= 0.6 is 34.9 Å². The predicted molar refractivity (Wildman–Crippen MR) is 101 cm³/mol. The average molecular weight is 364 g/mol. The number of hydrogen-bond acceptors (Lipinski definition) is 4. The molecule has 0 aliphatic heterocycles. The molecule has 126 valence electrons. The Labute approximate surface area is 149 Å². The molecule has 0 aromatic heterocycles. The van der Waals surface area contributed by atoms with E-state index in [4.69, 9.17) is 21.1 Å². The summed E-state index contributed by atoms with van der Waals surface area (Å²) < 4.78 is 5.71. The molecule has 3 nitrogen and oxygen atoms in total. The molecule has 0 spiro atoms. The van der Waals surface area contributed by atoms with Crippen molar-refractivity contribution in [1.29, 1.82) is 0 Å². The normalized spacial score (nSPS) is 21.9. The lowest BCUT2D eigenvalue weighted by atomic mass is 9.85. The Balaban J connectivity index is 0.000000789. The van der Waals surface area contributed by atoms with Gasteiger partial charge in [-0.1, -0.05) is 37.6 Å². The van der Waals surface area contributed by atoms with Gasteiger partial charge >= 0.3 is 0 Å². The van der Waals surface area contributed by atoms with Gasteiger partial charge in [0.05, 0.1) is 6.10 Å². The summed E-state index contributed by atoms with van der Waals surface area (Å²) in [7, 11) is 1.84. The maximum Gasteiger partial charge on any atom is 0.204 e. The number of ether oxygens (including phenoxy) is 1. The molecule has 2 N–H and O–H groups in total. The van der Waals surface area contributed by atoms with E-state index in [1.807, 2.05) is 19.2 Å². The van der Waals surface area contributed by atoms with Gasteiger partial charge in [0.15, 0.2) is 0 Å². The third-order valence-electron chi connectivity index (χ3n) is 4.02. The molecule has 0 radical (unpaired) electrons. The molecule has 1 fully saturated rings. The lowest BCUT2D eigenvalue weighted by molar-refractivity contribution is -0.106. The fourth-order valence-corrected chi connectivity index (χ4v) is 3.26. The van der Waals surface area contributed by atoms with Gasteiger partial charge in [-0.2, -0.15) is 0 Å². The Bertz CT molecular complexity index is 427. The zero-order chi connectivity index (χ0) is 17.2. The van der Waals surface area contributed by atoms with Gasteiger partial charge < -0.3 is 10.5 Å². The van der Waals surface area contributed by atoms with Gasteiger partial charge in [0.2, 0.25) is 6.41 Å². The molecule has 1 saturated carbocycles. The van der Waals surface area contributed by atoms with Crippen LogP contribution in [0, 0.1) is 11.3 Å². The van der Waals surface area contributed by atoms with Crippen LogP contribution in [-0.2, 0) is 16.0 Å². The number of thiol groups is 2. The van der Waals surface area contributed by atoms with Crippen molar-refractivity contribution in [2.45, 2.75) is 39.2 Å². The van der Waals surface area contributed by atoms with Crippen LogP contribution in [-0.4, -0.2) is 19.6 Å². The Morgan fingerprint density at radius 1 is 1.36 bits per heavy atom. The number of rotatable bonds is 3. The Morgan fingerprint density at radius 2 is 1.86 bits per heavy atom. The minimum atomic E-state index is 0.250. The number of halogens is 1. The second kappa shape index (κ2) is 11.2. The van der Waals surface area contributed by atoms with Crippen LogP contribution in [0.15, 0.2) is 24.3 Å². The lowest BCUT2D eigenvalue weighted by Crippen LogP contribution is -2.31. The molecule has 0 heterocycles. The van der Waals surface area contributed by atoms with Crippen molar-refractivity contribution in [3.63, 3.8) is 0 Å². The average Bonchev–Trinajstić information content (AvgIpc) is 2.78. The van der Waals surface area contributed by atoms with E-state index >= 15 is 0 Å². The second-order valence-electron chi connectivity index (χ2n) is 5.91. The quantitative estimate of drug-likeness (QED) is 0.428. The molecule has 1 aliphatic rings. The number of carbonyl (C=O) groups excluding carboxylic acids is 1. The molecular formula is C16H26ClNO2S2. The first-order valence-corrected chi connectivity index (χ1v) is 9.05. The summed E-state index contributed by atoms with van der Waals surface area (Å²) in [5.41, 5.74) is 5.84. The van der Waals surface area contributed by atoms with Crippen molar-refractivity contribution < 1.29 is 9.53 Å². The molecule has 1 aromatic rings. The zero-order valence-electron chi connectivity index (χ0n) is 13.3. The highest BCUT2D eigenvalue weighted by molar-refractivity contribution is 8.59. The smallest absolute Gasteiger partial charge is 0.204 e. The van der Waals surface area contributed by atoms with Crippen molar-refractivity contribution in [1.82, 2.24) is 0 Å². The van der Waals surface area contributed by atoms with Crippen molar-refractivity contribution >= 4 is 41.3 Å². The van der Waals surface area contributed by atoms with E-state index in [0.717, 1.165) is 11.4 Å². The van der Waals surface area contributed by atoms with E-state index < -0.39 is 0 Å². The van der Waals surface area contributed by atoms with Gasteiger partial charge in [-0.05, 0) is 48.3 Å². The molecule has 1 aliphatic carbocycles. The van der Waals surface area contributed by atoms with Crippen LogP contribution in [0.25, 0.3) is 0 Å². The zero-order valence-corrected chi connectivity index (χ0v) is 15.9. The van der Waals surface area contributed by atoms with Gasteiger partial charge in [-0.25, -0.2) is 0 Å². The fourth-order valence-electron chi connectivity index (χ4n) is 3.13.